The summed E-state index contributed by atoms with van der Waals surface area (Å²) in [6.45, 7) is 7.49. The van der Waals surface area contributed by atoms with E-state index in [2.05, 4.69) is 5.32 Å². The van der Waals surface area contributed by atoms with Crippen LogP contribution < -0.4 is 19.1 Å². The summed E-state index contributed by atoms with van der Waals surface area (Å²) in [6, 6.07) is 10.7. The monoisotopic (exact) mass is 446 g/mol. The van der Waals surface area contributed by atoms with E-state index in [1.165, 1.54) is 4.31 Å². The molecule has 2 aromatic carbocycles. The second-order valence-corrected chi connectivity index (χ2v) is 9.44. The SMILES string of the molecule is CCOc1ccc(CNC(=O)c2ccc(C)c(N3CCCCS3(=O)=O)c2)cc1OCC. The molecule has 1 aliphatic rings. The van der Waals surface area contributed by atoms with Crippen LogP contribution in [0.4, 0.5) is 5.69 Å². The molecule has 0 aliphatic carbocycles. The van der Waals surface area contributed by atoms with Crippen LogP contribution >= 0.6 is 0 Å². The van der Waals surface area contributed by atoms with Gasteiger partial charge in [-0.25, -0.2) is 8.42 Å². The average molecular weight is 447 g/mol. The maximum Gasteiger partial charge on any atom is 0.251 e. The fraction of sp³-hybridized carbons (Fsp3) is 0.435. The van der Waals surface area contributed by atoms with E-state index in [9.17, 15) is 13.2 Å². The van der Waals surface area contributed by atoms with Crippen molar-refractivity contribution in [1.82, 2.24) is 5.32 Å². The molecule has 1 saturated heterocycles. The highest BCUT2D eigenvalue weighted by atomic mass is 32.2. The zero-order valence-corrected chi connectivity index (χ0v) is 19.1. The van der Waals surface area contributed by atoms with Crippen molar-refractivity contribution in [3.8, 4) is 11.5 Å². The fourth-order valence-electron chi connectivity index (χ4n) is 3.57. The Labute approximate surface area is 184 Å². The third-order valence-corrected chi connectivity index (χ3v) is 7.01. The van der Waals surface area contributed by atoms with Gasteiger partial charge in [-0.3, -0.25) is 9.10 Å². The molecule has 1 N–H and O–H groups in total. The van der Waals surface area contributed by atoms with Crippen molar-refractivity contribution in [2.24, 2.45) is 0 Å². The van der Waals surface area contributed by atoms with Gasteiger partial charge < -0.3 is 14.8 Å². The second kappa shape index (κ2) is 10.0. The number of amides is 1. The van der Waals surface area contributed by atoms with Crippen LogP contribution in [0, 0.1) is 6.92 Å². The Morgan fingerprint density at radius 2 is 1.77 bits per heavy atom. The molecule has 0 unspecified atom stereocenters. The molecule has 1 heterocycles. The molecule has 0 aromatic heterocycles. The summed E-state index contributed by atoms with van der Waals surface area (Å²) in [7, 11) is -3.34. The Bertz CT molecular complexity index is 1040. The molecule has 1 amide bonds. The number of benzene rings is 2. The highest BCUT2D eigenvalue weighted by Crippen LogP contribution is 2.29. The molecular weight excluding hydrogens is 416 g/mol. The summed E-state index contributed by atoms with van der Waals surface area (Å²) in [5.74, 6) is 1.19. The first-order valence-electron chi connectivity index (χ1n) is 10.6. The van der Waals surface area contributed by atoms with Gasteiger partial charge in [0.25, 0.3) is 5.91 Å². The largest absolute Gasteiger partial charge is 0.490 e. The minimum atomic E-state index is -3.34. The maximum absolute atomic E-state index is 12.8. The van der Waals surface area contributed by atoms with Gasteiger partial charge in [0.2, 0.25) is 10.0 Å². The van der Waals surface area contributed by atoms with E-state index in [0.717, 1.165) is 17.5 Å². The van der Waals surface area contributed by atoms with E-state index in [1.807, 2.05) is 39.0 Å². The van der Waals surface area contributed by atoms with Crippen LogP contribution in [0.15, 0.2) is 36.4 Å². The molecule has 0 spiro atoms. The fourth-order valence-corrected chi connectivity index (χ4v) is 5.26. The van der Waals surface area contributed by atoms with Gasteiger partial charge in [0, 0.05) is 18.7 Å². The molecule has 3 rings (SSSR count). The molecule has 31 heavy (non-hydrogen) atoms. The molecule has 168 valence electrons. The summed E-state index contributed by atoms with van der Waals surface area (Å²) in [6.07, 6.45) is 1.48. The van der Waals surface area contributed by atoms with Crippen LogP contribution in [0.2, 0.25) is 0 Å². The quantitative estimate of drug-likeness (QED) is 0.669. The third kappa shape index (κ3) is 5.50. The van der Waals surface area contributed by atoms with Crippen LogP contribution in [0.3, 0.4) is 0 Å². The smallest absolute Gasteiger partial charge is 0.251 e. The summed E-state index contributed by atoms with van der Waals surface area (Å²) >= 11 is 0. The van der Waals surface area contributed by atoms with Gasteiger partial charge in [-0.05, 0) is 69.0 Å². The Morgan fingerprint density at radius 3 is 2.48 bits per heavy atom. The van der Waals surface area contributed by atoms with Crippen molar-refractivity contribution in [3.63, 3.8) is 0 Å². The lowest BCUT2D eigenvalue weighted by Crippen LogP contribution is -2.38. The van der Waals surface area contributed by atoms with Gasteiger partial charge in [-0.15, -0.1) is 0 Å². The lowest BCUT2D eigenvalue weighted by molar-refractivity contribution is 0.0951. The van der Waals surface area contributed by atoms with Crippen molar-refractivity contribution in [3.05, 3.63) is 53.1 Å². The molecule has 1 aliphatic heterocycles. The lowest BCUT2D eigenvalue weighted by atomic mass is 10.1. The van der Waals surface area contributed by atoms with Crippen molar-refractivity contribution in [2.45, 2.75) is 40.2 Å². The van der Waals surface area contributed by atoms with Gasteiger partial charge in [0.15, 0.2) is 11.5 Å². The Kier molecular flexibility index (Phi) is 7.43. The molecule has 8 heteroatoms. The minimum Gasteiger partial charge on any atom is -0.490 e. The second-order valence-electron chi connectivity index (χ2n) is 7.43. The third-order valence-electron chi connectivity index (χ3n) is 5.15. The zero-order chi connectivity index (χ0) is 22.4. The number of carbonyl (C=O) groups is 1. The lowest BCUT2D eigenvalue weighted by Gasteiger charge is -2.29. The highest BCUT2D eigenvalue weighted by Gasteiger charge is 2.27. The molecule has 0 radical (unpaired) electrons. The van der Waals surface area contributed by atoms with Crippen molar-refractivity contribution < 1.29 is 22.7 Å². The van der Waals surface area contributed by atoms with Crippen LogP contribution in [0.25, 0.3) is 0 Å². The number of hydrogen-bond acceptors (Lipinski definition) is 5. The van der Waals surface area contributed by atoms with Gasteiger partial charge in [0.1, 0.15) is 0 Å². The number of hydrogen-bond donors (Lipinski definition) is 1. The van der Waals surface area contributed by atoms with E-state index < -0.39 is 10.0 Å². The van der Waals surface area contributed by atoms with Crippen LogP contribution in [0.5, 0.6) is 11.5 Å². The Balaban J connectivity index is 1.75. The van der Waals surface area contributed by atoms with Crippen molar-refractivity contribution in [2.75, 3.05) is 29.8 Å². The topological polar surface area (TPSA) is 84.9 Å². The van der Waals surface area contributed by atoms with E-state index in [0.29, 0.717) is 55.5 Å². The van der Waals surface area contributed by atoms with Gasteiger partial charge in [-0.2, -0.15) is 0 Å². The van der Waals surface area contributed by atoms with E-state index in [4.69, 9.17) is 9.47 Å². The zero-order valence-electron chi connectivity index (χ0n) is 18.3. The molecule has 0 bridgehead atoms. The van der Waals surface area contributed by atoms with Gasteiger partial charge in [0.05, 0.1) is 24.7 Å². The first kappa shape index (κ1) is 22.9. The number of anilines is 1. The normalized spacial score (nSPS) is 15.4. The van der Waals surface area contributed by atoms with Crippen molar-refractivity contribution >= 4 is 21.6 Å². The van der Waals surface area contributed by atoms with Gasteiger partial charge >= 0.3 is 0 Å². The molecule has 0 atom stereocenters. The number of nitrogens with one attached hydrogen (secondary N) is 1. The number of sulfonamides is 1. The van der Waals surface area contributed by atoms with E-state index in [1.54, 1.807) is 18.2 Å². The molecular formula is C23H30N2O5S. The summed E-state index contributed by atoms with van der Waals surface area (Å²) in [5, 5.41) is 2.90. The first-order chi connectivity index (χ1) is 14.9. The van der Waals surface area contributed by atoms with Gasteiger partial charge in [-0.1, -0.05) is 12.1 Å². The summed E-state index contributed by atoms with van der Waals surface area (Å²) in [4.78, 5) is 12.8. The van der Waals surface area contributed by atoms with Crippen LogP contribution in [-0.2, 0) is 16.6 Å². The highest BCUT2D eigenvalue weighted by molar-refractivity contribution is 7.92. The van der Waals surface area contributed by atoms with Crippen LogP contribution in [-0.4, -0.2) is 39.8 Å². The number of aryl methyl sites for hydroxylation is 1. The Hall–Kier alpha value is -2.74. The first-order valence-corrected chi connectivity index (χ1v) is 12.2. The predicted molar refractivity (Wildman–Crippen MR) is 121 cm³/mol. The minimum absolute atomic E-state index is 0.142. The van der Waals surface area contributed by atoms with Crippen LogP contribution in [0.1, 0.15) is 48.2 Å². The number of nitrogens with zero attached hydrogens (tertiary/aromatic N) is 1. The Morgan fingerprint density at radius 1 is 1.03 bits per heavy atom. The molecule has 7 nitrogen and oxygen atoms in total. The van der Waals surface area contributed by atoms with Crippen molar-refractivity contribution in [1.29, 1.82) is 0 Å². The summed E-state index contributed by atoms with van der Waals surface area (Å²) < 4.78 is 37.6. The standard InChI is InChI=1S/C23H30N2O5S/c1-4-29-21-11-9-18(14-22(21)30-5-2)16-24-23(26)19-10-8-17(3)20(15-19)25-12-6-7-13-31(25,27)28/h8-11,14-15H,4-7,12-13,16H2,1-3H3,(H,24,26). The molecule has 1 fully saturated rings. The predicted octanol–water partition coefficient (Wildman–Crippen LogP) is 3.65. The number of rotatable bonds is 8. The molecule has 2 aromatic rings. The number of ether oxygens (including phenoxy) is 2. The van der Waals surface area contributed by atoms with E-state index in [-0.39, 0.29) is 11.7 Å². The molecule has 0 saturated carbocycles. The maximum atomic E-state index is 12.8. The number of carbonyl (C=O) groups excluding carboxylic acids is 1. The van der Waals surface area contributed by atoms with E-state index >= 15 is 0 Å². The summed E-state index contributed by atoms with van der Waals surface area (Å²) in [5.41, 5.74) is 2.71. The average Bonchev–Trinajstić information content (AvgIpc) is 2.74.